The minimum absolute atomic E-state index is 0. The topological polar surface area (TPSA) is 294 Å². The Labute approximate surface area is 353 Å². The molecule has 24 heteroatoms. The Kier molecular flexibility index (Phi) is 16.4. The average molecular weight is 797 g/mol. The average Bonchev–Trinajstić information content (AvgIpc) is 3.06. The molecule has 2 heterocycles. The molecule has 0 spiro atoms. The van der Waals surface area contributed by atoms with E-state index in [4.69, 9.17) is 0 Å². The van der Waals surface area contributed by atoms with Gasteiger partial charge in [0.05, 0.1) is 11.4 Å². The summed E-state index contributed by atoms with van der Waals surface area (Å²) in [6.45, 7) is 6.70. The zero-order chi connectivity index (χ0) is 38.4. The monoisotopic (exact) mass is 796 g/mol. The molecule has 0 aliphatic carbocycles. The van der Waals surface area contributed by atoms with Crippen LogP contribution in [0.15, 0.2) is 91.5 Å². The van der Waals surface area contributed by atoms with Crippen molar-refractivity contribution < 1.29 is 95.3 Å². The molecular formula is C30H30N12Na2O8S2. The molecule has 2 aromatic heterocycles. The van der Waals surface area contributed by atoms with Gasteiger partial charge in [-0.15, -0.1) is 0 Å². The maximum atomic E-state index is 12.4. The van der Waals surface area contributed by atoms with E-state index in [1.54, 1.807) is 38.0 Å². The molecule has 0 atom stereocenters. The number of hydrogen-bond acceptors (Lipinski definition) is 16. The zero-order valence-electron chi connectivity index (χ0n) is 29.8. The third-order valence-corrected chi connectivity index (χ3v) is 8.17. The Balaban J connectivity index is 0.00000504. The van der Waals surface area contributed by atoms with E-state index in [1.807, 2.05) is 0 Å². The third-order valence-electron chi connectivity index (χ3n) is 6.35. The molecule has 4 rings (SSSR count). The van der Waals surface area contributed by atoms with E-state index in [9.17, 15) is 36.2 Å². The van der Waals surface area contributed by atoms with Crippen LogP contribution in [0.1, 0.15) is 11.1 Å². The van der Waals surface area contributed by atoms with Crippen LogP contribution in [-0.4, -0.2) is 95.8 Å². The molecule has 0 saturated heterocycles. The summed E-state index contributed by atoms with van der Waals surface area (Å²) in [4.78, 5) is 39.7. The third kappa shape index (κ3) is 12.6. The Bertz CT molecular complexity index is 2340. The number of nitrogens with zero attached hydrogens (tertiary/aromatic N) is 10. The number of rotatable bonds is 12. The van der Waals surface area contributed by atoms with Crippen LogP contribution in [0.3, 0.4) is 0 Å². The van der Waals surface area contributed by atoms with Crippen LogP contribution < -0.4 is 90.4 Å². The van der Waals surface area contributed by atoms with Gasteiger partial charge >= 0.3 is 59.1 Å². The predicted octanol–water partition coefficient (Wildman–Crippen LogP) is -5.66. The van der Waals surface area contributed by atoms with Gasteiger partial charge in [0.1, 0.15) is 9.79 Å². The Morgan fingerprint density at radius 2 is 1.04 bits per heavy atom. The van der Waals surface area contributed by atoms with Crippen LogP contribution in [-0.2, 0) is 20.2 Å². The van der Waals surface area contributed by atoms with Crippen LogP contribution in [0.25, 0.3) is 12.2 Å². The zero-order valence-corrected chi connectivity index (χ0v) is 35.5. The van der Waals surface area contributed by atoms with Crippen LogP contribution in [0.4, 0.5) is 35.2 Å². The molecular weight excluding hydrogens is 767 g/mol. The van der Waals surface area contributed by atoms with Gasteiger partial charge in [0, 0.05) is 28.2 Å². The summed E-state index contributed by atoms with van der Waals surface area (Å²) in [6, 6.07) is 7.31. The Morgan fingerprint density at radius 3 is 1.33 bits per heavy atom. The summed E-state index contributed by atoms with van der Waals surface area (Å²) in [6.07, 6.45) is 4.32. The first-order chi connectivity index (χ1) is 24.4. The summed E-state index contributed by atoms with van der Waals surface area (Å²) >= 11 is 0. The maximum Gasteiger partial charge on any atom is 1.00 e. The number of aromatic nitrogens is 6. The first-order valence-corrected chi connectivity index (χ1v) is 17.3. The number of hydrogen-bond donors (Lipinski definition) is 4. The van der Waals surface area contributed by atoms with Gasteiger partial charge in [0.25, 0.3) is 31.5 Å². The van der Waals surface area contributed by atoms with E-state index in [1.165, 1.54) is 36.4 Å². The van der Waals surface area contributed by atoms with Crippen LogP contribution in [0.5, 0.6) is 0 Å². The van der Waals surface area contributed by atoms with E-state index in [0.29, 0.717) is 0 Å². The number of nitrogens with one attached hydrogen (secondary N) is 2. The Morgan fingerprint density at radius 1 is 0.685 bits per heavy atom. The molecule has 0 saturated carbocycles. The van der Waals surface area contributed by atoms with Gasteiger partial charge in [-0.1, -0.05) is 49.6 Å². The van der Waals surface area contributed by atoms with Crippen LogP contribution >= 0.6 is 0 Å². The fraction of sp³-hybridized carbons (Fsp3) is 0.133. The molecule has 4 N–H and O–H groups in total. The second-order valence-electron chi connectivity index (χ2n) is 10.6. The van der Waals surface area contributed by atoms with E-state index >= 15 is 0 Å². The maximum absolute atomic E-state index is 12.4. The molecule has 0 amide bonds. The number of benzene rings is 2. The van der Waals surface area contributed by atoms with Crippen LogP contribution in [0.2, 0.25) is 0 Å². The largest absolute Gasteiger partial charge is 1.00 e. The normalized spacial score (nSPS) is 12.9. The molecule has 4 aromatic rings. The van der Waals surface area contributed by atoms with Crippen molar-refractivity contribution in [3.8, 4) is 0 Å². The Hall–Kier alpha value is -4.36. The molecule has 0 bridgehead atoms. The second-order valence-corrected chi connectivity index (χ2v) is 13.4. The van der Waals surface area contributed by atoms with E-state index in [-0.39, 0.29) is 117 Å². The van der Waals surface area contributed by atoms with E-state index < -0.39 is 41.8 Å². The molecule has 54 heavy (non-hydrogen) atoms. The minimum Gasteiger partial charge on any atom is -0.859 e. The van der Waals surface area contributed by atoms with Gasteiger partial charge in [-0.3, -0.25) is 19.1 Å². The van der Waals surface area contributed by atoms with Crippen LogP contribution in [0, 0.1) is 0 Å². The molecule has 0 aliphatic heterocycles. The van der Waals surface area contributed by atoms with Gasteiger partial charge < -0.3 is 20.0 Å². The molecule has 0 aliphatic rings. The summed E-state index contributed by atoms with van der Waals surface area (Å²) in [5.41, 5.74) is -0.632. The molecule has 2 aromatic carbocycles. The molecule has 0 fully saturated rings. The summed E-state index contributed by atoms with van der Waals surface area (Å²) in [7, 11) is -3.17. The van der Waals surface area contributed by atoms with Gasteiger partial charge in [-0.25, -0.2) is 20.0 Å². The van der Waals surface area contributed by atoms with Crippen molar-refractivity contribution in [2.75, 3.05) is 38.0 Å². The summed E-state index contributed by atoms with van der Waals surface area (Å²) in [5.74, 6) is -1.27. The first-order valence-electron chi connectivity index (χ1n) is 14.4. The minimum atomic E-state index is -4.88. The van der Waals surface area contributed by atoms with Gasteiger partial charge in [0.15, 0.2) is 0 Å². The molecule has 272 valence electrons. The fourth-order valence-electron chi connectivity index (χ4n) is 3.99. The van der Waals surface area contributed by atoms with Crippen molar-refractivity contribution in [3.63, 3.8) is 0 Å². The van der Waals surface area contributed by atoms with E-state index in [0.717, 1.165) is 24.3 Å². The summed E-state index contributed by atoms with van der Waals surface area (Å²) in [5, 5.41) is 23.5. The number of H-pyrrole nitrogens is 2. The van der Waals surface area contributed by atoms with Crippen molar-refractivity contribution in [1.29, 1.82) is 0 Å². The predicted molar refractivity (Wildman–Crippen MR) is 188 cm³/mol. The van der Waals surface area contributed by atoms with Crippen molar-refractivity contribution in [2.24, 2.45) is 20.0 Å². The standard InChI is InChI=1S/C30H32N12O8S2.2Na/c1-7-23(43)33-27-35-25(37-29(39-27)41(3)4)31-19-13-11-17(21(15-19)51(45,46)47)9-10-18-12-14-20(16-22(18)52(48,49)50)32-26-36-28(34-24(44)8-2)40-30(38-26)42(5)6;;/h7-16H,1-2H2,3-6H3,(H,45,46,47)(H,48,49,50)(H2,31,33,35,37,39,43)(H2,32,34,36,38,40,44);;/q;2*+1/p-2/b10-9+;;. The summed E-state index contributed by atoms with van der Waals surface area (Å²) < 4.78 is 69.7. The first kappa shape index (κ1) is 45.8. The second kappa shape index (κ2) is 19.3. The fourth-order valence-corrected chi connectivity index (χ4v) is 5.40. The van der Waals surface area contributed by atoms with Crippen molar-refractivity contribution in [1.82, 2.24) is 29.9 Å². The molecule has 20 nitrogen and oxygen atoms in total. The van der Waals surface area contributed by atoms with Gasteiger partial charge in [-0.05, 0) is 47.2 Å². The SMILES string of the molecule is C=CC([O-])=Nc1nc(=Nc2ccc(/C=C/c3ccc(N=c4nc(N=C([O-])C=C)[nH]c(N(C)C)n4)cc3S(=O)(=O)O)c(S(=O)(=O)O)c2)nc(N(C)C)[nH]1.[Na+].[Na+]. The van der Waals surface area contributed by atoms with Gasteiger partial charge in [-0.2, -0.15) is 36.8 Å². The van der Waals surface area contributed by atoms with Crippen molar-refractivity contribution >= 4 is 79.4 Å². The smallest absolute Gasteiger partial charge is 0.859 e. The van der Waals surface area contributed by atoms with Crippen molar-refractivity contribution in [2.45, 2.75) is 9.79 Å². The van der Waals surface area contributed by atoms with E-state index in [2.05, 4.69) is 63.0 Å². The number of aliphatic imine (C=N–C) groups is 2. The van der Waals surface area contributed by atoms with Crippen molar-refractivity contribution in [3.05, 3.63) is 84.1 Å². The number of aromatic amines is 2. The quantitative estimate of drug-likeness (QED) is 0.0342. The molecule has 0 unspecified atom stereocenters. The number of anilines is 2. The molecule has 0 radical (unpaired) electrons. The van der Waals surface area contributed by atoms with Gasteiger partial charge in [0.2, 0.25) is 23.8 Å².